The lowest BCUT2D eigenvalue weighted by molar-refractivity contribution is -0.137. The lowest BCUT2D eigenvalue weighted by Crippen LogP contribution is -2.08. The number of aromatic nitrogens is 3. The van der Waals surface area contributed by atoms with Crippen molar-refractivity contribution in [3.63, 3.8) is 0 Å². The number of carboxylic acid groups (broad SMARTS) is 1. The van der Waals surface area contributed by atoms with Gasteiger partial charge in [0.25, 0.3) is 0 Å². The van der Waals surface area contributed by atoms with Gasteiger partial charge in [0.05, 0.1) is 5.69 Å². The minimum Gasteiger partial charge on any atom is -0.480 e. The Balaban J connectivity index is 2.58. The summed E-state index contributed by atoms with van der Waals surface area (Å²) in [5, 5.41) is 16.0. The summed E-state index contributed by atoms with van der Waals surface area (Å²) in [5.41, 5.74) is 0.844. The molecule has 5 nitrogen and oxygen atoms in total. The van der Waals surface area contributed by atoms with Crippen molar-refractivity contribution in [2.24, 2.45) is 5.92 Å². The second kappa shape index (κ2) is 4.02. The summed E-state index contributed by atoms with van der Waals surface area (Å²) >= 11 is 0. The molecule has 1 aromatic rings. The van der Waals surface area contributed by atoms with Crippen molar-refractivity contribution in [3.8, 4) is 0 Å². The van der Waals surface area contributed by atoms with Crippen molar-refractivity contribution >= 4 is 5.97 Å². The molecule has 1 N–H and O–H groups in total. The molecule has 0 radical (unpaired) electrons. The largest absolute Gasteiger partial charge is 0.480 e. The molecule has 0 aliphatic heterocycles. The quantitative estimate of drug-likeness (QED) is 0.740. The van der Waals surface area contributed by atoms with E-state index in [0.717, 1.165) is 12.1 Å². The molecular weight excluding hydrogens is 170 g/mol. The monoisotopic (exact) mass is 183 g/mol. The van der Waals surface area contributed by atoms with Crippen molar-refractivity contribution in [2.75, 3.05) is 0 Å². The molecule has 0 bridgehead atoms. The molecule has 0 saturated heterocycles. The summed E-state index contributed by atoms with van der Waals surface area (Å²) in [5.74, 6) is -0.393. The first-order valence-electron chi connectivity index (χ1n) is 4.18. The molecule has 1 heterocycles. The molecule has 0 fully saturated rings. The van der Waals surface area contributed by atoms with Gasteiger partial charge in [0.15, 0.2) is 0 Å². The molecule has 0 aliphatic rings. The van der Waals surface area contributed by atoms with E-state index < -0.39 is 5.97 Å². The molecule has 0 aliphatic carbocycles. The fourth-order valence-electron chi connectivity index (χ4n) is 1.07. The molecular formula is C8H13N3O2. The Labute approximate surface area is 76.4 Å². The van der Waals surface area contributed by atoms with Crippen molar-refractivity contribution in [3.05, 3.63) is 11.9 Å². The van der Waals surface area contributed by atoms with Crippen LogP contribution in [-0.2, 0) is 17.8 Å². The highest BCUT2D eigenvalue weighted by molar-refractivity contribution is 5.66. The van der Waals surface area contributed by atoms with E-state index >= 15 is 0 Å². The molecule has 13 heavy (non-hydrogen) atoms. The Morgan fingerprint density at radius 2 is 2.38 bits per heavy atom. The molecule has 0 unspecified atom stereocenters. The second-order valence-electron chi connectivity index (χ2n) is 3.40. The number of hydrogen-bond acceptors (Lipinski definition) is 3. The van der Waals surface area contributed by atoms with Crippen LogP contribution < -0.4 is 0 Å². The number of rotatable bonds is 4. The van der Waals surface area contributed by atoms with Gasteiger partial charge in [0, 0.05) is 6.20 Å². The van der Waals surface area contributed by atoms with Crippen molar-refractivity contribution < 1.29 is 9.90 Å². The average Bonchev–Trinajstić information content (AvgIpc) is 2.33. The fourth-order valence-corrected chi connectivity index (χ4v) is 1.07. The van der Waals surface area contributed by atoms with Gasteiger partial charge in [0.1, 0.15) is 6.54 Å². The van der Waals surface area contributed by atoms with E-state index in [0.29, 0.717) is 5.92 Å². The normalized spacial score (nSPS) is 10.7. The summed E-state index contributed by atoms with van der Waals surface area (Å²) in [6.07, 6.45) is 2.51. The molecule has 1 rings (SSSR count). The molecule has 1 aromatic heterocycles. The number of hydrogen-bond donors (Lipinski definition) is 1. The number of carboxylic acids is 1. The second-order valence-corrected chi connectivity index (χ2v) is 3.40. The molecule has 0 saturated carbocycles. The maximum absolute atomic E-state index is 10.3. The third-order valence-corrected chi connectivity index (χ3v) is 1.50. The van der Waals surface area contributed by atoms with E-state index in [-0.39, 0.29) is 6.54 Å². The summed E-state index contributed by atoms with van der Waals surface area (Å²) in [4.78, 5) is 10.3. The summed E-state index contributed by atoms with van der Waals surface area (Å²) in [7, 11) is 0. The lowest BCUT2D eigenvalue weighted by atomic mass is 10.1. The minimum absolute atomic E-state index is 0.120. The van der Waals surface area contributed by atoms with Crippen LogP contribution in [0.3, 0.4) is 0 Å². The van der Waals surface area contributed by atoms with E-state index in [1.54, 1.807) is 6.20 Å². The first-order chi connectivity index (χ1) is 6.08. The standard InChI is InChI=1S/C8H13N3O2/c1-6(2)3-7-4-11(10-9-7)5-8(12)13/h4,6H,3,5H2,1-2H3,(H,12,13). The van der Waals surface area contributed by atoms with Crippen LogP contribution in [0.15, 0.2) is 6.20 Å². The summed E-state index contributed by atoms with van der Waals surface area (Å²) < 4.78 is 1.33. The highest BCUT2D eigenvalue weighted by Gasteiger charge is 2.05. The Morgan fingerprint density at radius 1 is 1.69 bits per heavy atom. The maximum Gasteiger partial charge on any atom is 0.325 e. The molecule has 5 heteroatoms. The van der Waals surface area contributed by atoms with Crippen LogP contribution in [0.2, 0.25) is 0 Å². The number of nitrogens with zero attached hydrogens (tertiary/aromatic N) is 3. The van der Waals surface area contributed by atoms with Gasteiger partial charge < -0.3 is 5.11 Å². The maximum atomic E-state index is 10.3. The van der Waals surface area contributed by atoms with Crippen LogP contribution in [0.25, 0.3) is 0 Å². The van der Waals surface area contributed by atoms with Gasteiger partial charge in [-0.05, 0) is 12.3 Å². The molecule has 0 aromatic carbocycles. The first-order valence-corrected chi connectivity index (χ1v) is 4.18. The van der Waals surface area contributed by atoms with E-state index in [9.17, 15) is 4.79 Å². The predicted molar refractivity (Wildman–Crippen MR) is 46.2 cm³/mol. The molecule has 0 amide bonds. The van der Waals surface area contributed by atoms with E-state index in [1.807, 2.05) is 0 Å². The number of aliphatic carboxylic acids is 1. The highest BCUT2D eigenvalue weighted by atomic mass is 16.4. The zero-order chi connectivity index (χ0) is 9.84. The third-order valence-electron chi connectivity index (χ3n) is 1.50. The summed E-state index contributed by atoms with van der Waals surface area (Å²) in [6, 6.07) is 0. The smallest absolute Gasteiger partial charge is 0.325 e. The Morgan fingerprint density at radius 3 is 2.92 bits per heavy atom. The third kappa shape index (κ3) is 3.23. The molecule has 0 atom stereocenters. The molecule has 0 spiro atoms. The lowest BCUT2D eigenvalue weighted by Gasteiger charge is -1.97. The van der Waals surface area contributed by atoms with Gasteiger partial charge in [0.2, 0.25) is 0 Å². The topological polar surface area (TPSA) is 68.0 Å². The Kier molecular flexibility index (Phi) is 3.00. The van der Waals surface area contributed by atoms with Crippen LogP contribution >= 0.6 is 0 Å². The van der Waals surface area contributed by atoms with Gasteiger partial charge in [-0.25, -0.2) is 4.68 Å². The highest BCUT2D eigenvalue weighted by Crippen LogP contribution is 2.03. The Hall–Kier alpha value is -1.39. The van der Waals surface area contributed by atoms with Gasteiger partial charge in [-0.3, -0.25) is 4.79 Å². The van der Waals surface area contributed by atoms with E-state index in [1.165, 1.54) is 4.68 Å². The number of carbonyl (C=O) groups is 1. The van der Waals surface area contributed by atoms with Crippen LogP contribution in [0.5, 0.6) is 0 Å². The molecule has 72 valence electrons. The van der Waals surface area contributed by atoms with Gasteiger partial charge in [-0.15, -0.1) is 5.10 Å². The van der Waals surface area contributed by atoms with Crippen LogP contribution in [0.1, 0.15) is 19.5 Å². The van der Waals surface area contributed by atoms with Gasteiger partial charge in [-0.2, -0.15) is 0 Å². The van der Waals surface area contributed by atoms with Crippen molar-refractivity contribution in [1.29, 1.82) is 0 Å². The predicted octanol–water partition coefficient (Wildman–Crippen LogP) is 0.561. The van der Waals surface area contributed by atoms with E-state index in [2.05, 4.69) is 24.2 Å². The summed E-state index contributed by atoms with van der Waals surface area (Å²) in [6.45, 7) is 4.04. The van der Waals surface area contributed by atoms with Crippen molar-refractivity contribution in [2.45, 2.75) is 26.8 Å². The van der Waals surface area contributed by atoms with Crippen LogP contribution in [0.4, 0.5) is 0 Å². The SMILES string of the molecule is CC(C)Cc1cn(CC(=O)O)nn1. The van der Waals surface area contributed by atoms with E-state index in [4.69, 9.17) is 5.11 Å². The zero-order valence-electron chi connectivity index (χ0n) is 7.77. The van der Waals surface area contributed by atoms with Gasteiger partial charge in [-0.1, -0.05) is 19.1 Å². The van der Waals surface area contributed by atoms with Crippen LogP contribution in [0, 0.1) is 5.92 Å². The zero-order valence-corrected chi connectivity index (χ0v) is 7.77. The van der Waals surface area contributed by atoms with Gasteiger partial charge >= 0.3 is 5.97 Å². The first kappa shape index (κ1) is 9.70. The van der Waals surface area contributed by atoms with Crippen LogP contribution in [-0.4, -0.2) is 26.1 Å². The fraction of sp³-hybridized carbons (Fsp3) is 0.625. The minimum atomic E-state index is -0.902. The van der Waals surface area contributed by atoms with Crippen molar-refractivity contribution in [1.82, 2.24) is 15.0 Å². The Bertz CT molecular complexity index is 293. The average molecular weight is 183 g/mol.